The van der Waals surface area contributed by atoms with Gasteiger partial charge >= 0.3 is 6.09 Å². The van der Waals surface area contributed by atoms with Crippen LogP contribution in [-0.4, -0.2) is 35.7 Å². The zero-order chi connectivity index (χ0) is 10.8. The fourth-order valence-electron chi connectivity index (χ4n) is 1.50. The van der Waals surface area contributed by atoms with Gasteiger partial charge in [0.05, 0.1) is 0 Å². The molecule has 0 aromatic carbocycles. The van der Waals surface area contributed by atoms with E-state index in [1.807, 2.05) is 20.8 Å². The van der Waals surface area contributed by atoms with Gasteiger partial charge in [0.15, 0.2) is 0 Å². The zero-order valence-corrected chi connectivity index (χ0v) is 10.5. The van der Waals surface area contributed by atoms with E-state index in [0.717, 1.165) is 19.4 Å². The first kappa shape index (κ1) is 14.5. The number of piperidine rings is 1. The maximum absolute atomic E-state index is 11.6. The van der Waals surface area contributed by atoms with Crippen molar-refractivity contribution >= 4 is 18.5 Å². The topological polar surface area (TPSA) is 55.6 Å². The average Bonchev–Trinajstić information content (AvgIpc) is 2.01. The van der Waals surface area contributed by atoms with E-state index in [1.165, 1.54) is 0 Å². The molecule has 90 valence electrons. The highest BCUT2D eigenvalue weighted by Gasteiger charge is 2.25. The number of rotatable bonds is 0. The highest BCUT2D eigenvalue weighted by atomic mass is 35.5. The molecule has 4 nitrogen and oxygen atoms in total. The standard InChI is InChI=1S/C10H20N2O2.ClH/c1-10(2,3)14-9(13)12-6-4-5-8(11)7-12;/h8H,4-7,11H2,1-3H3;1H/t8-;/m1./s1. The van der Waals surface area contributed by atoms with Crippen molar-refractivity contribution in [3.05, 3.63) is 0 Å². The molecule has 15 heavy (non-hydrogen) atoms. The Morgan fingerprint density at radius 3 is 2.53 bits per heavy atom. The lowest BCUT2D eigenvalue weighted by Gasteiger charge is -2.32. The molecule has 1 saturated heterocycles. The van der Waals surface area contributed by atoms with Crippen molar-refractivity contribution in [3.63, 3.8) is 0 Å². The molecular weight excluding hydrogens is 216 g/mol. The molecule has 1 atom stereocenters. The molecule has 0 aromatic heterocycles. The summed E-state index contributed by atoms with van der Waals surface area (Å²) in [7, 11) is 0. The van der Waals surface area contributed by atoms with Crippen LogP contribution in [0.25, 0.3) is 0 Å². The van der Waals surface area contributed by atoms with E-state index < -0.39 is 5.60 Å². The fourth-order valence-corrected chi connectivity index (χ4v) is 1.50. The Hall–Kier alpha value is -0.480. The van der Waals surface area contributed by atoms with Crippen molar-refractivity contribution in [3.8, 4) is 0 Å². The summed E-state index contributed by atoms with van der Waals surface area (Å²) in [6.45, 7) is 7.00. The molecule has 0 spiro atoms. The Morgan fingerprint density at radius 1 is 1.47 bits per heavy atom. The number of hydrogen-bond acceptors (Lipinski definition) is 3. The quantitative estimate of drug-likeness (QED) is 0.698. The molecule has 0 radical (unpaired) electrons. The smallest absolute Gasteiger partial charge is 0.410 e. The Morgan fingerprint density at radius 2 is 2.07 bits per heavy atom. The van der Waals surface area contributed by atoms with Gasteiger partial charge in [-0.3, -0.25) is 0 Å². The van der Waals surface area contributed by atoms with Crippen LogP contribution in [0.4, 0.5) is 4.79 Å². The van der Waals surface area contributed by atoms with Crippen LogP contribution >= 0.6 is 12.4 Å². The summed E-state index contributed by atoms with van der Waals surface area (Å²) in [6.07, 6.45) is 1.73. The number of carbonyl (C=O) groups is 1. The molecule has 1 heterocycles. The summed E-state index contributed by atoms with van der Waals surface area (Å²) in [5.41, 5.74) is 5.36. The molecule has 0 aliphatic carbocycles. The molecule has 0 bridgehead atoms. The van der Waals surface area contributed by atoms with E-state index >= 15 is 0 Å². The minimum Gasteiger partial charge on any atom is -0.444 e. The van der Waals surface area contributed by atoms with Crippen LogP contribution in [0.1, 0.15) is 33.6 Å². The summed E-state index contributed by atoms with van der Waals surface area (Å²) in [5.74, 6) is 0. The summed E-state index contributed by atoms with van der Waals surface area (Å²) < 4.78 is 5.26. The van der Waals surface area contributed by atoms with Gasteiger partial charge in [0.1, 0.15) is 5.60 Å². The molecule has 1 amide bonds. The van der Waals surface area contributed by atoms with E-state index in [1.54, 1.807) is 4.90 Å². The second-order valence-electron chi connectivity index (χ2n) is 4.83. The van der Waals surface area contributed by atoms with Crippen molar-refractivity contribution in [1.82, 2.24) is 4.90 Å². The van der Waals surface area contributed by atoms with E-state index in [0.29, 0.717) is 6.54 Å². The average molecular weight is 237 g/mol. The van der Waals surface area contributed by atoms with Crippen LogP contribution in [0.3, 0.4) is 0 Å². The fraction of sp³-hybridized carbons (Fsp3) is 0.900. The largest absolute Gasteiger partial charge is 0.444 e. The summed E-state index contributed by atoms with van der Waals surface area (Å²) in [4.78, 5) is 13.3. The van der Waals surface area contributed by atoms with Gasteiger partial charge in [0, 0.05) is 19.1 Å². The van der Waals surface area contributed by atoms with Crippen LogP contribution in [-0.2, 0) is 4.74 Å². The number of hydrogen-bond donors (Lipinski definition) is 1. The third kappa shape index (κ3) is 5.23. The number of halogens is 1. The number of likely N-dealkylation sites (tertiary alicyclic amines) is 1. The lowest BCUT2D eigenvalue weighted by molar-refractivity contribution is 0.0200. The SMILES string of the molecule is CC(C)(C)OC(=O)N1CCC[C@@H](N)C1.Cl. The maximum atomic E-state index is 11.6. The highest BCUT2D eigenvalue weighted by Crippen LogP contribution is 2.14. The van der Waals surface area contributed by atoms with E-state index in [-0.39, 0.29) is 24.5 Å². The van der Waals surface area contributed by atoms with Gasteiger partial charge in [-0.1, -0.05) is 0 Å². The second kappa shape index (κ2) is 5.56. The van der Waals surface area contributed by atoms with Gasteiger partial charge in [-0.15, -0.1) is 12.4 Å². The molecular formula is C10H21ClN2O2. The van der Waals surface area contributed by atoms with Crippen LogP contribution in [0.5, 0.6) is 0 Å². The first-order chi connectivity index (χ1) is 6.38. The number of amides is 1. The minimum absolute atomic E-state index is 0. The first-order valence-corrected chi connectivity index (χ1v) is 5.12. The highest BCUT2D eigenvalue weighted by molar-refractivity contribution is 5.85. The van der Waals surface area contributed by atoms with Crippen LogP contribution in [0, 0.1) is 0 Å². The number of nitrogens with zero attached hydrogens (tertiary/aromatic N) is 1. The van der Waals surface area contributed by atoms with Crippen LogP contribution in [0.15, 0.2) is 0 Å². The Kier molecular flexibility index (Phi) is 5.38. The van der Waals surface area contributed by atoms with Gasteiger partial charge < -0.3 is 15.4 Å². The van der Waals surface area contributed by atoms with Gasteiger partial charge in [0.2, 0.25) is 0 Å². The van der Waals surface area contributed by atoms with E-state index in [2.05, 4.69) is 0 Å². The maximum Gasteiger partial charge on any atom is 0.410 e. The summed E-state index contributed by atoms with van der Waals surface area (Å²) in [6, 6.07) is 0.108. The Labute approximate surface area is 97.5 Å². The van der Waals surface area contributed by atoms with Crippen molar-refractivity contribution in [2.45, 2.75) is 45.3 Å². The van der Waals surface area contributed by atoms with Gasteiger partial charge in [0.25, 0.3) is 0 Å². The van der Waals surface area contributed by atoms with Gasteiger partial charge in [-0.05, 0) is 33.6 Å². The lowest BCUT2D eigenvalue weighted by atomic mass is 10.1. The van der Waals surface area contributed by atoms with Crippen LogP contribution < -0.4 is 5.73 Å². The van der Waals surface area contributed by atoms with Crippen molar-refractivity contribution in [2.24, 2.45) is 5.73 Å². The van der Waals surface area contributed by atoms with Crippen molar-refractivity contribution < 1.29 is 9.53 Å². The summed E-state index contributed by atoms with van der Waals surface area (Å²) in [5, 5.41) is 0. The zero-order valence-electron chi connectivity index (χ0n) is 9.66. The molecule has 0 aromatic rings. The minimum atomic E-state index is -0.418. The Balaban J connectivity index is 0.00000196. The Bertz CT molecular complexity index is 216. The monoisotopic (exact) mass is 236 g/mol. The molecule has 1 rings (SSSR count). The number of carbonyl (C=O) groups excluding carboxylic acids is 1. The predicted octanol–water partition coefficient (Wildman–Crippen LogP) is 1.77. The van der Waals surface area contributed by atoms with Gasteiger partial charge in [-0.25, -0.2) is 4.79 Å². The predicted molar refractivity (Wildman–Crippen MR) is 62.3 cm³/mol. The third-order valence-electron chi connectivity index (χ3n) is 2.11. The molecule has 1 aliphatic rings. The molecule has 5 heteroatoms. The third-order valence-corrected chi connectivity index (χ3v) is 2.11. The molecule has 1 fully saturated rings. The van der Waals surface area contributed by atoms with E-state index in [4.69, 9.17) is 10.5 Å². The van der Waals surface area contributed by atoms with Crippen LogP contribution in [0.2, 0.25) is 0 Å². The molecule has 0 saturated carbocycles. The molecule has 1 aliphatic heterocycles. The summed E-state index contributed by atoms with van der Waals surface area (Å²) >= 11 is 0. The van der Waals surface area contributed by atoms with Crippen molar-refractivity contribution in [1.29, 1.82) is 0 Å². The molecule has 2 N–H and O–H groups in total. The number of ether oxygens (including phenoxy) is 1. The number of nitrogens with two attached hydrogens (primary N) is 1. The molecule has 0 unspecified atom stereocenters. The van der Waals surface area contributed by atoms with Crippen molar-refractivity contribution in [2.75, 3.05) is 13.1 Å². The van der Waals surface area contributed by atoms with Gasteiger partial charge in [-0.2, -0.15) is 0 Å². The van der Waals surface area contributed by atoms with E-state index in [9.17, 15) is 4.79 Å². The second-order valence-corrected chi connectivity index (χ2v) is 4.83. The first-order valence-electron chi connectivity index (χ1n) is 5.12. The lowest BCUT2D eigenvalue weighted by Crippen LogP contribution is -2.47. The normalized spacial score (nSPS) is 21.9.